The molecule has 0 amide bonds. The first-order valence-electron chi connectivity index (χ1n) is 5.66. The second-order valence-corrected chi connectivity index (χ2v) is 5.11. The Morgan fingerprint density at radius 3 is 2.10 bits per heavy atom. The summed E-state index contributed by atoms with van der Waals surface area (Å²) in [6.07, 6.45) is -4.36. The Labute approximate surface area is 124 Å². The quantitative estimate of drug-likeness (QED) is 0.822. The molecule has 1 unspecified atom stereocenters. The molecule has 1 atom stereocenters. The molecule has 0 heterocycles. The normalized spacial score (nSPS) is 13.3. The Bertz CT molecular complexity index is 609. The minimum absolute atomic E-state index is 0.418. The van der Waals surface area contributed by atoms with E-state index in [1.54, 1.807) is 18.2 Å². The molecule has 0 spiro atoms. The number of rotatable bonds is 2. The van der Waals surface area contributed by atoms with Gasteiger partial charge < -0.3 is 5.73 Å². The van der Waals surface area contributed by atoms with Gasteiger partial charge in [0.05, 0.1) is 11.6 Å². The molecule has 2 aromatic carbocycles. The lowest BCUT2D eigenvalue weighted by atomic mass is 9.98. The van der Waals surface area contributed by atoms with Crippen molar-refractivity contribution in [1.29, 1.82) is 0 Å². The second kappa shape index (κ2) is 5.64. The molecule has 20 heavy (non-hydrogen) atoms. The van der Waals surface area contributed by atoms with Gasteiger partial charge in [0, 0.05) is 10.0 Å². The highest BCUT2D eigenvalue weighted by Gasteiger charge is 2.30. The zero-order chi connectivity index (χ0) is 14.9. The van der Waals surface area contributed by atoms with Crippen LogP contribution in [0.5, 0.6) is 0 Å². The lowest BCUT2D eigenvalue weighted by molar-refractivity contribution is -0.137. The topological polar surface area (TPSA) is 26.0 Å². The molecule has 6 heteroatoms. The first-order chi connectivity index (χ1) is 9.29. The highest BCUT2D eigenvalue weighted by Crippen LogP contribution is 2.32. The Morgan fingerprint density at radius 2 is 1.55 bits per heavy atom. The van der Waals surface area contributed by atoms with Crippen molar-refractivity contribution in [2.75, 3.05) is 0 Å². The summed E-state index contributed by atoms with van der Waals surface area (Å²) >= 11 is 11.9. The molecule has 0 fully saturated rings. The molecule has 2 N–H and O–H groups in total. The first kappa shape index (κ1) is 15.2. The molecule has 0 aliphatic rings. The van der Waals surface area contributed by atoms with E-state index >= 15 is 0 Å². The molecule has 0 aromatic heterocycles. The molecule has 0 radical (unpaired) electrons. The summed E-state index contributed by atoms with van der Waals surface area (Å²) in [5.74, 6) is 0. The van der Waals surface area contributed by atoms with Gasteiger partial charge >= 0.3 is 6.18 Å². The Balaban J connectivity index is 2.34. The molecule has 0 saturated carbocycles. The van der Waals surface area contributed by atoms with Crippen LogP contribution in [0, 0.1) is 0 Å². The van der Waals surface area contributed by atoms with Crippen LogP contribution in [0.2, 0.25) is 10.0 Å². The van der Waals surface area contributed by atoms with Gasteiger partial charge in [0.25, 0.3) is 0 Å². The zero-order valence-electron chi connectivity index (χ0n) is 10.1. The van der Waals surface area contributed by atoms with Gasteiger partial charge in [0.15, 0.2) is 0 Å². The summed E-state index contributed by atoms with van der Waals surface area (Å²) in [7, 11) is 0. The molecule has 0 saturated heterocycles. The van der Waals surface area contributed by atoms with Gasteiger partial charge in [-0.15, -0.1) is 0 Å². The van der Waals surface area contributed by atoms with E-state index in [0.29, 0.717) is 21.2 Å². The summed E-state index contributed by atoms with van der Waals surface area (Å²) in [6, 6.07) is 8.85. The number of halogens is 5. The molecule has 0 aliphatic carbocycles. The third-order valence-corrected chi connectivity index (χ3v) is 3.47. The largest absolute Gasteiger partial charge is 0.416 e. The maximum Gasteiger partial charge on any atom is 0.416 e. The number of nitrogens with two attached hydrogens (primary N) is 1. The third kappa shape index (κ3) is 3.26. The number of hydrogen-bond donors (Lipinski definition) is 1. The molecule has 0 bridgehead atoms. The number of hydrogen-bond acceptors (Lipinski definition) is 1. The van der Waals surface area contributed by atoms with Crippen LogP contribution in [0.3, 0.4) is 0 Å². The summed E-state index contributed by atoms with van der Waals surface area (Å²) in [4.78, 5) is 0. The third-order valence-electron chi connectivity index (χ3n) is 2.89. The fourth-order valence-electron chi connectivity index (χ4n) is 1.81. The average molecular weight is 320 g/mol. The van der Waals surface area contributed by atoms with Crippen molar-refractivity contribution in [1.82, 2.24) is 0 Å². The van der Waals surface area contributed by atoms with Gasteiger partial charge in [-0.05, 0) is 41.5 Å². The minimum atomic E-state index is -4.36. The van der Waals surface area contributed by atoms with E-state index in [1.807, 2.05) is 0 Å². The van der Waals surface area contributed by atoms with Crippen molar-refractivity contribution in [2.45, 2.75) is 12.2 Å². The van der Waals surface area contributed by atoms with E-state index in [9.17, 15) is 13.2 Å². The lowest BCUT2D eigenvalue weighted by Crippen LogP contribution is -2.13. The van der Waals surface area contributed by atoms with Crippen LogP contribution in [-0.2, 0) is 6.18 Å². The Kier molecular flexibility index (Phi) is 4.28. The maximum absolute atomic E-state index is 12.5. The average Bonchev–Trinajstić information content (AvgIpc) is 2.40. The SMILES string of the molecule is NC(c1ccc(C(F)(F)F)cc1)c1cc(Cl)ccc1Cl. The minimum Gasteiger partial charge on any atom is -0.320 e. The lowest BCUT2D eigenvalue weighted by Gasteiger charge is -2.15. The van der Waals surface area contributed by atoms with E-state index in [0.717, 1.165) is 12.1 Å². The first-order valence-corrected chi connectivity index (χ1v) is 6.42. The number of benzene rings is 2. The summed E-state index contributed by atoms with van der Waals surface area (Å²) in [5.41, 5.74) is 6.40. The summed E-state index contributed by atoms with van der Waals surface area (Å²) in [6.45, 7) is 0. The molecule has 2 rings (SSSR count). The smallest absolute Gasteiger partial charge is 0.320 e. The van der Waals surface area contributed by atoms with Gasteiger partial charge in [-0.3, -0.25) is 0 Å². The number of alkyl halides is 3. The van der Waals surface area contributed by atoms with E-state index < -0.39 is 17.8 Å². The summed E-state index contributed by atoms with van der Waals surface area (Å²) in [5, 5.41) is 0.883. The van der Waals surface area contributed by atoms with Crippen molar-refractivity contribution >= 4 is 23.2 Å². The highest BCUT2D eigenvalue weighted by atomic mass is 35.5. The van der Waals surface area contributed by atoms with E-state index in [-0.39, 0.29) is 0 Å². The van der Waals surface area contributed by atoms with Crippen LogP contribution in [0.1, 0.15) is 22.7 Å². The Hall–Kier alpha value is -1.23. The molecule has 0 aliphatic heterocycles. The van der Waals surface area contributed by atoms with E-state index in [4.69, 9.17) is 28.9 Å². The molecule has 106 valence electrons. The fraction of sp³-hybridized carbons (Fsp3) is 0.143. The molecular weight excluding hydrogens is 310 g/mol. The van der Waals surface area contributed by atoms with Crippen molar-refractivity contribution in [3.05, 3.63) is 69.2 Å². The van der Waals surface area contributed by atoms with Gasteiger partial charge in [0.2, 0.25) is 0 Å². The van der Waals surface area contributed by atoms with Crippen LogP contribution in [-0.4, -0.2) is 0 Å². The van der Waals surface area contributed by atoms with Gasteiger partial charge in [-0.2, -0.15) is 13.2 Å². The van der Waals surface area contributed by atoms with Gasteiger partial charge in [0.1, 0.15) is 0 Å². The van der Waals surface area contributed by atoms with Crippen LogP contribution < -0.4 is 5.73 Å². The van der Waals surface area contributed by atoms with Crippen molar-refractivity contribution < 1.29 is 13.2 Å². The standard InChI is InChI=1S/C14H10Cl2F3N/c15-10-5-6-12(16)11(7-10)13(20)8-1-3-9(4-2-8)14(17,18)19/h1-7,13H,20H2. The van der Waals surface area contributed by atoms with E-state index in [2.05, 4.69) is 0 Å². The summed E-state index contributed by atoms with van der Waals surface area (Å²) < 4.78 is 37.5. The molecular formula is C14H10Cl2F3N. The van der Waals surface area contributed by atoms with Crippen LogP contribution in [0.4, 0.5) is 13.2 Å². The maximum atomic E-state index is 12.5. The van der Waals surface area contributed by atoms with Crippen LogP contribution in [0.25, 0.3) is 0 Å². The molecule has 2 aromatic rings. The van der Waals surface area contributed by atoms with Crippen LogP contribution >= 0.6 is 23.2 Å². The van der Waals surface area contributed by atoms with Crippen molar-refractivity contribution in [2.24, 2.45) is 5.73 Å². The van der Waals surface area contributed by atoms with Gasteiger partial charge in [-0.25, -0.2) is 0 Å². The highest BCUT2D eigenvalue weighted by molar-refractivity contribution is 6.33. The van der Waals surface area contributed by atoms with Crippen molar-refractivity contribution in [3.63, 3.8) is 0 Å². The fourth-order valence-corrected chi connectivity index (χ4v) is 2.23. The monoisotopic (exact) mass is 319 g/mol. The second-order valence-electron chi connectivity index (χ2n) is 4.26. The Morgan fingerprint density at radius 1 is 0.950 bits per heavy atom. The predicted octanol–water partition coefficient (Wildman–Crippen LogP) is 5.06. The van der Waals surface area contributed by atoms with E-state index in [1.165, 1.54) is 12.1 Å². The predicted molar refractivity (Wildman–Crippen MR) is 73.9 cm³/mol. The molecule has 1 nitrogen and oxygen atoms in total. The van der Waals surface area contributed by atoms with Gasteiger partial charge in [-0.1, -0.05) is 35.3 Å². The van der Waals surface area contributed by atoms with Crippen molar-refractivity contribution in [3.8, 4) is 0 Å². The zero-order valence-corrected chi connectivity index (χ0v) is 11.6. The van der Waals surface area contributed by atoms with Crippen LogP contribution in [0.15, 0.2) is 42.5 Å².